The molecule has 1 aliphatic heterocycles. The molecule has 37 heavy (non-hydrogen) atoms. The van der Waals surface area contributed by atoms with Crippen molar-refractivity contribution in [2.75, 3.05) is 6.61 Å². The lowest BCUT2D eigenvalue weighted by Gasteiger charge is -2.42. The van der Waals surface area contributed by atoms with Crippen molar-refractivity contribution in [3.05, 3.63) is 12.2 Å². The molecule has 2 aliphatic rings. The molecule has 1 aliphatic carbocycles. The van der Waals surface area contributed by atoms with Crippen molar-refractivity contribution in [2.45, 2.75) is 161 Å². The first-order valence-electron chi connectivity index (χ1n) is 15.2. The Morgan fingerprint density at radius 3 is 2.22 bits per heavy atom. The van der Waals surface area contributed by atoms with Crippen molar-refractivity contribution in [1.82, 2.24) is 0 Å². The molecule has 5 atom stereocenters. The molecule has 0 spiro atoms. The first-order chi connectivity index (χ1) is 17.1. The fourth-order valence-corrected chi connectivity index (χ4v) is 7.31. The van der Waals surface area contributed by atoms with Gasteiger partial charge in [-0.05, 0) is 74.3 Å². The van der Waals surface area contributed by atoms with Crippen LogP contribution in [-0.4, -0.2) is 41.6 Å². The van der Waals surface area contributed by atoms with Gasteiger partial charge in [0.2, 0.25) is 0 Å². The highest BCUT2D eigenvalue weighted by molar-refractivity contribution is 6.74. The summed E-state index contributed by atoms with van der Waals surface area (Å²) >= 11 is 0. The van der Waals surface area contributed by atoms with Crippen LogP contribution in [0, 0.1) is 23.7 Å². The molecule has 1 saturated carbocycles. The van der Waals surface area contributed by atoms with Crippen LogP contribution in [0.15, 0.2) is 12.2 Å². The van der Waals surface area contributed by atoms with E-state index in [4.69, 9.17) is 13.6 Å². The third-order valence-corrected chi connectivity index (χ3v) is 18.5. The molecule has 0 unspecified atom stereocenters. The third-order valence-electron chi connectivity index (χ3n) is 9.49. The summed E-state index contributed by atoms with van der Waals surface area (Å²) in [6.07, 6.45) is 16.1. The molecule has 0 aromatic heterocycles. The maximum atomic E-state index is 7.16. The lowest BCUT2D eigenvalue weighted by molar-refractivity contribution is 0.0647. The minimum atomic E-state index is -1.87. The Hall–Kier alpha value is -0.386. The molecule has 0 aromatic rings. The molecule has 2 fully saturated rings. The highest BCUT2D eigenvalue weighted by Gasteiger charge is 2.57. The Kier molecular flexibility index (Phi) is 12.2. The van der Waals surface area contributed by atoms with E-state index in [-0.39, 0.29) is 10.1 Å². The SMILES string of the molecule is CCCCCC#CC/C=C/[C@@H]1[C@@H]([C@@H](CCCCO[Si](C)(C)C(C)(C)C)O[Si](C)(C)C(C)(C)C)C[C@H]2O[C@@H]12. The summed E-state index contributed by atoms with van der Waals surface area (Å²) in [6, 6.07) is 0. The molecular weight excluding hydrogens is 489 g/mol. The molecule has 0 N–H and O–H groups in total. The van der Waals surface area contributed by atoms with E-state index in [1.165, 1.54) is 25.7 Å². The summed E-state index contributed by atoms with van der Waals surface area (Å²) in [5.74, 6) is 7.72. The van der Waals surface area contributed by atoms with Crippen LogP contribution in [0.3, 0.4) is 0 Å². The number of unbranched alkanes of at least 4 members (excludes halogenated alkanes) is 4. The topological polar surface area (TPSA) is 31.0 Å². The summed E-state index contributed by atoms with van der Waals surface area (Å²) in [6.45, 7) is 26.7. The number of allylic oxidation sites excluding steroid dienone is 1. The van der Waals surface area contributed by atoms with Gasteiger partial charge in [0.15, 0.2) is 16.6 Å². The zero-order valence-corrected chi connectivity index (χ0v) is 28.3. The molecule has 2 rings (SSSR count). The van der Waals surface area contributed by atoms with E-state index < -0.39 is 16.6 Å². The second kappa shape index (κ2) is 13.8. The third kappa shape index (κ3) is 9.94. The van der Waals surface area contributed by atoms with Crippen molar-refractivity contribution in [2.24, 2.45) is 11.8 Å². The Morgan fingerprint density at radius 1 is 0.919 bits per heavy atom. The lowest BCUT2D eigenvalue weighted by atomic mass is 9.87. The quantitative estimate of drug-likeness (QED) is 0.0712. The second-order valence-electron chi connectivity index (χ2n) is 14.6. The van der Waals surface area contributed by atoms with Gasteiger partial charge in [0.05, 0.1) is 12.2 Å². The van der Waals surface area contributed by atoms with Gasteiger partial charge in [0.1, 0.15) is 0 Å². The summed E-state index contributed by atoms with van der Waals surface area (Å²) in [4.78, 5) is 0. The van der Waals surface area contributed by atoms with Crippen molar-refractivity contribution in [3.8, 4) is 11.8 Å². The normalized spacial score (nSPS) is 25.2. The molecule has 5 heteroatoms. The highest BCUT2D eigenvalue weighted by Crippen LogP contribution is 2.51. The zero-order valence-electron chi connectivity index (χ0n) is 26.3. The van der Waals surface area contributed by atoms with Gasteiger partial charge in [0, 0.05) is 31.5 Å². The van der Waals surface area contributed by atoms with Crippen molar-refractivity contribution >= 4 is 16.6 Å². The van der Waals surface area contributed by atoms with Crippen LogP contribution in [0.4, 0.5) is 0 Å². The summed E-state index contributed by atoms with van der Waals surface area (Å²) < 4.78 is 19.7. The largest absolute Gasteiger partial charge is 0.417 e. The van der Waals surface area contributed by atoms with Crippen molar-refractivity contribution < 1.29 is 13.6 Å². The number of ether oxygens (including phenoxy) is 1. The molecule has 3 nitrogen and oxygen atoms in total. The predicted molar refractivity (Wildman–Crippen MR) is 165 cm³/mol. The number of hydrogen-bond donors (Lipinski definition) is 0. The number of fused-ring (bicyclic) bond motifs is 1. The van der Waals surface area contributed by atoms with Crippen LogP contribution in [0.25, 0.3) is 0 Å². The number of epoxide rings is 1. The average Bonchev–Trinajstić information content (AvgIpc) is 3.45. The molecular formula is C32H60O3Si2. The van der Waals surface area contributed by atoms with Crippen LogP contribution in [0.5, 0.6) is 0 Å². The smallest absolute Gasteiger partial charge is 0.192 e. The molecule has 0 aromatic carbocycles. The van der Waals surface area contributed by atoms with Gasteiger partial charge < -0.3 is 13.6 Å². The Bertz CT molecular complexity index is 779. The second-order valence-corrected chi connectivity index (χ2v) is 24.1. The minimum absolute atomic E-state index is 0.216. The maximum Gasteiger partial charge on any atom is 0.192 e. The van der Waals surface area contributed by atoms with E-state index in [9.17, 15) is 0 Å². The van der Waals surface area contributed by atoms with Crippen LogP contribution in [0.2, 0.25) is 36.3 Å². The van der Waals surface area contributed by atoms with Crippen LogP contribution < -0.4 is 0 Å². The molecule has 0 amide bonds. The van der Waals surface area contributed by atoms with E-state index >= 15 is 0 Å². The van der Waals surface area contributed by atoms with Gasteiger partial charge in [-0.1, -0.05) is 79.4 Å². The van der Waals surface area contributed by atoms with Gasteiger partial charge in [-0.3, -0.25) is 0 Å². The van der Waals surface area contributed by atoms with Gasteiger partial charge >= 0.3 is 0 Å². The molecule has 0 radical (unpaired) electrons. The van der Waals surface area contributed by atoms with Gasteiger partial charge in [-0.2, -0.15) is 0 Å². The predicted octanol–water partition coefficient (Wildman–Crippen LogP) is 9.50. The Balaban J connectivity index is 2.01. The fourth-order valence-electron chi connectivity index (χ4n) is 4.82. The van der Waals surface area contributed by atoms with Gasteiger partial charge in [-0.15, -0.1) is 5.92 Å². The lowest BCUT2D eigenvalue weighted by Crippen LogP contribution is -2.46. The minimum Gasteiger partial charge on any atom is -0.417 e. The summed E-state index contributed by atoms with van der Waals surface area (Å²) in [5, 5.41) is 0.485. The zero-order chi connectivity index (χ0) is 27.9. The molecule has 1 heterocycles. The summed E-state index contributed by atoms with van der Waals surface area (Å²) in [7, 11) is -3.55. The summed E-state index contributed by atoms with van der Waals surface area (Å²) in [5.41, 5.74) is 0. The van der Waals surface area contributed by atoms with E-state index in [1.807, 2.05) is 0 Å². The van der Waals surface area contributed by atoms with Crippen LogP contribution >= 0.6 is 0 Å². The van der Waals surface area contributed by atoms with Crippen molar-refractivity contribution in [1.29, 1.82) is 0 Å². The fraction of sp³-hybridized carbons (Fsp3) is 0.875. The first-order valence-corrected chi connectivity index (χ1v) is 21.0. The van der Waals surface area contributed by atoms with Gasteiger partial charge in [-0.25, -0.2) is 0 Å². The molecule has 1 saturated heterocycles. The Labute approximate surface area is 233 Å². The van der Waals surface area contributed by atoms with Crippen LogP contribution in [0.1, 0.15) is 106 Å². The van der Waals surface area contributed by atoms with Gasteiger partial charge in [0.25, 0.3) is 0 Å². The molecule has 214 valence electrons. The van der Waals surface area contributed by atoms with Crippen molar-refractivity contribution in [3.63, 3.8) is 0 Å². The highest BCUT2D eigenvalue weighted by atomic mass is 28.4. The standard InChI is InChI=1S/C32H60O3Si2/c1-12-13-14-15-16-17-18-19-22-26-27(25-29-30(26)34-29)28(35-37(10,11)32(5,6)7)23-20-21-24-33-36(8,9)31(2,3)4/h19,22,26-30H,12-15,18,20-21,23-25H2,1-11H3/b22-19+/t26-,27+,28-,29-,30+/m1/s1. The Morgan fingerprint density at radius 2 is 1.59 bits per heavy atom. The average molecular weight is 549 g/mol. The monoisotopic (exact) mass is 548 g/mol. The maximum absolute atomic E-state index is 7.16. The van der Waals surface area contributed by atoms with E-state index in [0.717, 1.165) is 38.7 Å². The number of rotatable bonds is 14. The molecule has 0 bridgehead atoms. The number of hydrogen-bond acceptors (Lipinski definition) is 3. The first kappa shape index (κ1) is 32.8. The van der Waals surface area contributed by atoms with E-state index in [0.29, 0.717) is 30.1 Å². The van der Waals surface area contributed by atoms with Crippen LogP contribution in [-0.2, 0) is 13.6 Å². The van der Waals surface area contributed by atoms with E-state index in [1.54, 1.807) is 0 Å². The van der Waals surface area contributed by atoms with E-state index in [2.05, 4.69) is 98.6 Å².